The molecule has 1 unspecified atom stereocenters. The summed E-state index contributed by atoms with van der Waals surface area (Å²) in [5.41, 5.74) is 1.52. The molecule has 0 saturated heterocycles. The van der Waals surface area contributed by atoms with E-state index < -0.39 is 0 Å². The number of rotatable bonds is 13. The van der Waals surface area contributed by atoms with E-state index in [9.17, 15) is 0 Å². The second-order valence-electron chi connectivity index (χ2n) is 8.15. The zero-order chi connectivity index (χ0) is 18.8. The molecule has 1 aromatic heterocycles. The number of imidazole rings is 1. The van der Waals surface area contributed by atoms with E-state index in [0.717, 1.165) is 0 Å². The Morgan fingerprint density at radius 3 is 1.96 bits per heavy atom. The SMILES string of the molecule is CC1=[N+](CCCCCCCCCCCCn2cc[n+](C)c2C)C=CC1C. The Balaban J connectivity index is 1.36. The van der Waals surface area contributed by atoms with Gasteiger partial charge in [-0.05, 0) is 32.3 Å². The van der Waals surface area contributed by atoms with E-state index in [1.807, 2.05) is 0 Å². The summed E-state index contributed by atoms with van der Waals surface area (Å²) >= 11 is 0. The number of hydrogen-bond acceptors (Lipinski definition) is 0. The summed E-state index contributed by atoms with van der Waals surface area (Å²) in [7, 11) is 2.12. The summed E-state index contributed by atoms with van der Waals surface area (Å²) in [5, 5.41) is 0. The molecule has 1 atom stereocenters. The van der Waals surface area contributed by atoms with Crippen LogP contribution in [0.3, 0.4) is 0 Å². The predicted octanol–water partition coefficient (Wildman–Crippen LogP) is 5.16. The van der Waals surface area contributed by atoms with Gasteiger partial charge in [0.05, 0.1) is 19.5 Å². The molecule has 146 valence electrons. The largest absolute Gasteiger partial charge is 0.253 e. The number of allylic oxidation sites excluding steroid dienone is 1. The lowest BCUT2D eigenvalue weighted by atomic mass is 10.1. The van der Waals surface area contributed by atoms with Crippen molar-refractivity contribution in [2.24, 2.45) is 13.0 Å². The van der Waals surface area contributed by atoms with E-state index in [4.69, 9.17) is 0 Å². The quantitative estimate of drug-likeness (QED) is 0.341. The predicted molar refractivity (Wildman–Crippen MR) is 111 cm³/mol. The third kappa shape index (κ3) is 6.74. The molecular formula is C23H41N3+2. The van der Waals surface area contributed by atoms with Crippen LogP contribution in [-0.2, 0) is 13.6 Å². The molecule has 1 aliphatic rings. The molecular weight excluding hydrogens is 318 g/mol. The van der Waals surface area contributed by atoms with Crippen molar-refractivity contribution in [2.45, 2.75) is 91.5 Å². The van der Waals surface area contributed by atoms with Crippen LogP contribution in [0.15, 0.2) is 24.7 Å². The smallest absolute Gasteiger partial charge is 0.237 e. The third-order valence-electron chi connectivity index (χ3n) is 6.11. The van der Waals surface area contributed by atoms with Crippen LogP contribution in [0.5, 0.6) is 0 Å². The van der Waals surface area contributed by atoms with Crippen LogP contribution < -0.4 is 4.57 Å². The Morgan fingerprint density at radius 1 is 0.885 bits per heavy atom. The number of hydrogen-bond donors (Lipinski definition) is 0. The minimum atomic E-state index is 0.644. The fraction of sp³-hybridized carbons (Fsp3) is 0.739. The van der Waals surface area contributed by atoms with E-state index >= 15 is 0 Å². The van der Waals surface area contributed by atoms with Crippen molar-refractivity contribution in [1.82, 2.24) is 4.57 Å². The van der Waals surface area contributed by atoms with Crippen LogP contribution in [0.2, 0.25) is 0 Å². The Morgan fingerprint density at radius 2 is 1.46 bits per heavy atom. The van der Waals surface area contributed by atoms with Crippen LogP contribution in [-0.4, -0.2) is 21.4 Å². The number of nitrogens with zero attached hydrogens (tertiary/aromatic N) is 3. The Labute approximate surface area is 161 Å². The fourth-order valence-electron chi connectivity index (χ4n) is 3.82. The molecule has 0 fully saturated rings. The molecule has 0 spiro atoms. The molecule has 26 heavy (non-hydrogen) atoms. The van der Waals surface area contributed by atoms with Gasteiger partial charge in [-0.15, -0.1) is 0 Å². The molecule has 0 amide bonds. The normalized spacial score (nSPS) is 16.8. The van der Waals surface area contributed by atoms with Gasteiger partial charge >= 0.3 is 0 Å². The Kier molecular flexibility index (Phi) is 9.14. The van der Waals surface area contributed by atoms with Crippen molar-refractivity contribution in [3.05, 3.63) is 30.5 Å². The Bertz CT molecular complexity index is 595. The Hall–Kier alpha value is -1.38. The standard InChI is InChI=1S/C23H41N3/c1-21-15-18-25(22(21)2)16-13-11-9-7-5-6-8-10-12-14-17-26-20-19-24(4)23(26)3/h15,18-21H,5-14,16-17H2,1-4H3/q+2. The summed E-state index contributed by atoms with van der Waals surface area (Å²) in [6.45, 7) is 9.14. The minimum Gasteiger partial charge on any atom is -0.237 e. The lowest BCUT2D eigenvalue weighted by Crippen LogP contribution is -2.29. The van der Waals surface area contributed by atoms with Crippen LogP contribution in [0.1, 0.15) is 83.9 Å². The van der Waals surface area contributed by atoms with Crippen LogP contribution in [0.4, 0.5) is 0 Å². The van der Waals surface area contributed by atoms with Gasteiger partial charge in [0, 0.05) is 20.3 Å². The zero-order valence-electron chi connectivity index (χ0n) is 17.7. The van der Waals surface area contributed by atoms with Gasteiger partial charge in [-0.3, -0.25) is 0 Å². The van der Waals surface area contributed by atoms with Crippen molar-refractivity contribution in [1.29, 1.82) is 0 Å². The van der Waals surface area contributed by atoms with E-state index in [-0.39, 0.29) is 0 Å². The summed E-state index contributed by atoms with van der Waals surface area (Å²) < 4.78 is 7.01. The van der Waals surface area contributed by atoms with E-state index in [0.29, 0.717) is 5.92 Å². The van der Waals surface area contributed by atoms with Gasteiger partial charge in [0.25, 0.3) is 5.82 Å². The second kappa shape index (κ2) is 11.4. The van der Waals surface area contributed by atoms with Crippen molar-refractivity contribution in [3.8, 4) is 0 Å². The highest BCUT2D eigenvalue weighted by atomic mass is 15.1. The third-order valence-corrected chi connectivity index (χ3v) is 6.11. The van der Waals surface area contributed by atoms with Crippen LogP contribution in [0.25, 0.3) is 0 Å². The first kappa shape index (κ1) is 20.9. The first-order valence-corrected chi connectivity index (χ1v) is 10.9. The van der Waals surface area contributed by atoms with Crippen LogP contribution >= 0.6 is 0 Å². The molecule has 0 aliphatic carbocycles. The average molecular weight is 360 g/mol. The molecule has 1 aliphatic heterocycles. The van der Waals surface area contributed by atoms with Gasteiger partial charge in [0.1, 0.15) is 18.9 Å². The second-order valence-corrected chi connectivity index (χ2v) is 8.15. The molecule has 3 nitrogen and oxygen atoms in total. The number of unbranched alkanes of at least 4 members (excludes halogenated alkanes) is 9. The molecule has 1 aromatic rings. The van der Waals surface area contributed by atoms with Crippen LogP contribution in [0, 0.1) is 12.8 Å². The maximum atomic E-state index is 2.44. The summed E-state index contributed by atoms with van der Waals surface area (Å²) in [5.74, 6) is 2.00. The molecule has 2 heterocycles. The molecule has 3 heteroatoms. The molecule has 0 bridgehead atoms. The summed E-state index contributed by atoms with van der Waals surface area (Å²) in [4.78, 5) is 0. The van der Waals surface area contributed by atoms with Crippen molar-refractivity contribution < 1.29 is 9.14 Å². The van der Waals surface area contributed by atoms with Gasteiger partial charge in [0.15, 0.2) is 11.9 Å². The van der Waals surface area contributed by atoms with Gasteiger partial charge in [-0.25, -0.2) is 13.7 Å². The molecule has 0 saturated carbocycles. The lowest BCUT2D eigenvalue weighted by Gasteiger charge is -2.03. The summed E-state index contributed by atoms with van der Waals surface area (Å²) in [6, 6.07) is 0. The van der Waals surface area contributed by atoms with E-state index in [1.165, 1.54) is 88.8 Å². The first-order chi connectivity index (χ1) is 12.6. The first-order valence-electron chi connectivity index (χ1n) is 10.9. The molecule has 0 aromatic carbocycles. The van der Waals surface area contributed by atoms with Gasteiger partial charge in [0.2, 0.25) is 0 Å². The molecule has 0 N–H and O–H groups in total. The van der Waals surface area contributed by atoms with Crippen molar-refractivity contribution in [2.75, 3.05) is 6.54 Å². The minimum absolute atomic E-state index is 0.644. The van der Waals surface area contributed by atoms with Crippen molar-refractivity contribution >= 4 is 5.71 Å². The lowest BCUT2D eigenvalue weighted by molar-refractivity contribution is -0.677. The molecule has 2 rings (SSSR count). The fourth-order valence-corrected chi connectivity index (χ4v) is 3.82. The van der Waals surface area contributed by atoms with Gasteiger partial charge in [-0.1, -0.05) is 38.5 Å². The topological polar surface area (TPSA) is 11.8 Å². The number of aryl methyl sites for hydroxylation is 2. The molecule has 0 radical (unpaired) electrons. The van der Waals surface area contributed by atoms with Gasteiger partial charge < -0.3 is 0 Å². The zero-order valence-corrected chi connectivity index (χ0v) is 17.7. The highest BCUT2D eigenvalue weighted by Gasteiger charge is 2.19. The van der Waals surface area contributed by atoms with E-state index in [1.54, 1.807) is 0 Å². The highest BCUT2D eigenvalue weighted by Crippen LogP contribution is 2.13. The van der Waals surface area contributed by atoms with Crippen molar-refractivity contribution in [3.63, 3.8) is 0 Å². The number of aromatic nitrogens is 2. The highest BCUT2D eigenvalue weighted by molar-refractivity contribution is 5.82. The maximum absolute atomic E-state index is 2.44. The maximum Gasteiger partial charge on any atom is 0.253 e. The average Bonchev–Trinajstić information content (AvgIpc) is 3.12. The monoisotopic (exact) mass is 359 g/mol. The van der Waals surface area contributed by atoms with Gasteiger partial charge in [-0.2, -0.15) is 0 Å². The summed E-state index contributed by atoms with van der Waals surface area (Å²) in [6.07, 6.45) is 22.9. The van der Waals surface area contributed by atoms with E-state index in [2.05, 4.69) is 66.2 Å².